The van der Waals surface area contributed by atoms with Crippen LogP contribution in [0.5, 0.6) is 0 Å². The van der Waals surface area contributed by atoms with E-state index in [-0.39, 0.29) is 78.0 Å². The molecule has 0 aliphatic heterocycles. The third-order valence-electron chi connectivity index (χ3n) is 15.2. The highest BCUT2D eigenvalue weighted by Gasteiger charge is 2.32. The molecule has 484 valence electrons. The lowest BCUT2D eigenvalue weighted by Gasteiger charge is -2.33. The molecular weight excluding hydrogens is 1150 g/mol. The maximum Gasteiger partial charge on any atom is 0.339 e. The average Bonchev–Trinajstić information content (AvgIpc) is 2.28. The van der Waals surface area contributed by atoms with E-state index in [1.165, 1.54) is 0 Å². The van der Waals surface area contributed by atoms with E-state index in [4.69, 9.17) is 28.4 Å². The number of benzene rings is 6. The quantitative estimate of drug-likeness (QED) is 0.0175. The van der Waals surface area contributed by atoms with Gasteiger partial charge in [-0.25, -0.2) is 4.79 Å². The van der Waals surface area contributed by atoms with Gasteiger partial charge in [-0.3, -0.25) is 19.2 Å². The lowest BCUT2D eigenvalue weighted by atomic mass is 9.88. The van der Waals surface area contributed by atoms with Crippen LogP contribution in [0.4, 0.5) is 34.1 Å². The largest absolute Gasteiger partial charge is 0.459 e. The normalized spacial score (nSPS) is 13.3. The van der Waals surface area contributed by atoms with Crippen molar-refractivity contribution in [3.8, 4) is 0 Å². The Morgan fingerprint density at radius 2 is 0.756 bits per heavy atom. The molecule has 0 aliphatic carbocycles. The molecule has 6 aromatic rings. The Morgan fingerprint density at radius 1 is 0.400 bits per heavy atom. The van der Waals surface area contributed by atoms with Gasteiger partial charge in [0.2, 0.25) is 0 Å². The standard InChI is InChI=1S/C69H88N6O15/c1-14-69(42-85-36-54(76)38-89-67(83)60-34-52(74(10)11)28-31-57(60)65(81)46-17-23-49(24-18-46)71(4)5,43-86-37-55(77)39-90-68(84)61-35-53(75(12)13)29-32-58(61)66(82)47-19-25-50(26-20-47)72(6)7)44-87-41-63(79)88-40-62(78)59-33-51(73(8)9)27-30-56(59)64(80)45-15-21-48(22-16-45)70(2)3/h15-35,54-55,63,67,76-77,79,83H,14,36-44H2,1-13H3. The SMILES string of the molecule is CCC(COCC(O)COC(=O)c1cc(N(C)C)ccc1C(=O)c1ccc(N(C)C)cc1)(COCC(O)COC(O)c1cc(N(C)C)ccc1C(=O)c1ccc(N(C)C)cc1)COCC(O)OCC(=O)c1cc(N(C)C)ccc1C(=O)c1ccc(N(C)C)cc1. The molecule has 90 heavy (non-hydrogen) atoms. The van der Waals surface area contributed by atoms with Crippen LogP contribution in [0, 0.1) is 5.41 Å². The minimum atomic E-state index is -1.62. The summed E-state index contributed by atoms with van der Waals surface area (Å²) in [5, 5.41) is 44.9. The molecule has 0 aliphatic rings. The number of aliphatic hydroxyl groups is 4. The van der Waals surface area contributed by atoms with E-state index in [1.54, 1.807) is 141 Å². The predicted octanol–water partition coefficient (Wildman–Crippen LogP) is 7.03. The maximum atomic E-state index is 13.9. The highest BCUT2D eigenvalue weighted by Crippen LogP contribution is 2.30. The molecule has 6 rings (SSSR count). The monoisotopic (exact) mass is 1240 g/mol. The number of ketones is 4. The number of nitrogens with zero attached hydrogens (tertiary/aromatic N) is 6. The van der Waals surface area contributed by atoms with Crippen LogP contribution in [-0.2, 0) is 28.4 Å². The number of aliphatic hydroxyl groups excluding tert-OH is 4. The summed E-state index contributed by atoms with van der Waals surface area (Å²) in [5.74, 6) is -2.48. The first kappa shape index (κ1) is 71.0. The van der Waals surface area contributed by atoms with Crippen LogP contribution >= 0.6 is 0 Å². The number of hydrogen-bond donors (Lipinski definition) is 4. The molecule has 0 amide bonds. The molecule has 0 fully saturated rings. The molecule has 0 saturated heterocycles. The van der Waals surface area contributed by atoms with Crippen molar-refractivity contribution in [3.05, 3.63) is 177 Å². The van der Waals surface area contributed by atoms with Crippen molar-refractivity contribution in [2.24, 2.45) is 5.41 Å². The molecule has 5 unspecified atom stereocenters. The zero-order chi connectivity index (χ0) is 66.0. The Hall–Kier alpha value is -8.09. The molecule has 0 saturated carbocycles. The zero-order valence-electron chi connectivity index (χ0n) is 54.0. The van der Waals surface area contributed by atoms with Crippen LogP contribution in [0.15, 0.2) is 127 Å². The van der Waals surface area contributed by atoms with Crippen LogP contribution < -0.4 is 29.4 Å². The lowest BCUT2D eigenvalue weighted by Crippen LogP contribution is -2.40. The number of esters is 1. The van der Waals surface area contributed by atoms with Crippen LogP contribution in [0.3, 0.4) is 0 Å². The highest BCUT2D eigenvalue weighted by molar-refractivity contribution is 6.17. The molecule has 0 spiro atoms. The van der Waals surface area contributed by atoms with Gasteiger partial charge in [-0.15, -0.1) is 0 Å². The molecule has 0 bridgehead atoms. The third kappa shape index (κ3) is 19.5. The molecular formula is C69H88N6O15. The fraction of sp³-hybridized carbons (Fsp3) is 0.406. The van der Waals surface area contributed by atoms with Gasteiger partial charge in [-0.1, -0.05) is 6.92 Å². The van der Waals surface area contributed by atoms with Gasteiger partial charge < -0.3 is 78.2 Å². The van der Waals surface area contributed by atoms with Crippen molar-refractivity contribution in [2.75, 3.05) is 173 Å². The van der Waals surface area contributed by atoms with Crippen LogP contribution in [-0.4, -0.2) is 212 Å². The van der Waals surface area contributed by atoms with Crippen molar-refractivity contribution in [3.63, 3.8) is 0 Å². The molecule has 21 nitrogen and oxygen atoms in total. The van der Waals surface area contributed by atoms with E-state index in [1.807, 2.05) is 107 Å². The first-order valence-electron chi connectivity index (χ1n) is 29.5. The van der Waals surface area contributed by atoms with Crippen LogP contribution in [0.25, 0.3) is 0 Å². The number of rotatable bonds is 36. The van der Waals surface area contributed by atoms with E-state index in [9.17, 15) is 44.4 Å². The number of hydrogen-bond acceptors (Lipinski definition) is 21. The molecule has 21 heteroatoms. The van der Waals surface area contributed by atoms with E-state index < -0.39 is 74.2 Å². The van der Waals surface area contributed by atoms with Crippen molar-refractivity contribution in [2.45, 2.75) is 38.1 Å². The van der Waals surface area contributed by atoms with Gasteiger partial charge in [0.1, 0.15) is 25.4 Å². The summed E-state index contributed by atoms with van der Waals surface area (Å²) < 4.78 is 35.2. The maximum absolute atomic E-state index is 13.9. The van der Waals surface area contributed by atoms with Gasteiger partial charge in [-0.05, 0) is 134 Å². The van der Waals surface area contributed by atoms with E-state index in [2.05, 4.69) is 0 Å². The number of carbonyl (C=O) groups excluding carboxylic acids is 5. The predicted molar refractivity (Wildman–Crippen MR) is 350 cm³/mol. The van der Waals surface area contributed by atoms with Gasteiger partial charge in [0, 0.05) is 169 Å². The van der Waals surface area contributed by atoms with E-state index >= 15 is 0 Å². The van der Waals surface area contributed by atoms with E-state index in [0.29, 0.717) is 40.2 Å². The Labute approximate surface area is 528 Å². The Balaban J connectivity index is 1.12. The smallest absolute Gasteiger partial charge is 0.339 e. The summed E-state index contributed by atoms with van der Waals surface area (Å²) in [6.07, 6.45) is -5.54. The minimum absolute atomic E-state index is 0.00798. The lowest BCUT2D eigenvalue weighted by molar-refractivity contribution is -0.156. The van der Waals surface area contributed by atoms with Gasteiger partial charge in [-0.2, -0.15) is 0 Å². The van der Waals surface area contributed by atoms with Gasteiger partial charge >= 0.3 is 5.97 Å². The Morgan fingerprint density at radius 3 is 1.18 bits per heavy atom. The van der Waals surface area contributed by atoms with Gasteiger partial charge in [0.25, 0.3) is 0 Å². The van der Waals surface area contributed by atoms with Crippen molar-refractivity contribution in [1.82, 2.24) is 0 Å². The zero-order valence-corrected chi connectivity index (χ0v) is 54.0. The summed E-state index contributed by atoms with van der Waals surface area (Å²) in [4.78, 5) is 80.3. The van der Waals surface area contributed by atoms with Crippen LogP contribution in [0.1, 0.15) is 93.7 Å². The molecule has 0 aromatic heterocycles. The Bertz CT molecular complexity index is 3210. The fourth-order valence-corrected chi connectivity index (χ4v) is 9.42. The molecule has 5 atom stereocenters. The Kier molecular flexibility index (Phi) is 26.1. The van der Waals surface area contributed by atoms with Crippen molar-refractivity contribution in [1.29, 1.82) is 0 Å². The molecule has 0 heterocycles. The van der Waals surface area contributed by atoms with Crippen molar-refractivity contribution < 1.29 is 72.8 Å². The summed E-state index contributed by atoms with van der Waals surface area (Å²) in [6, 6.07) is 35.9. The van der Waals surface area contributed by atoms with Gasteiger partial charge in [0.05, 0.1) is 51.8 Å². The summed E-state index contributed by atoms with van der Waals surface area (Å²) in [7, 11) is 22.2. The molecule has 0 radical (unpaired) electrons. The number of carbonyl (C=O) groups is 5. The second-order valence-corrected chi connectivity index (χ2v) is 23.4. The van der Waals surface area contributed by atoms with Crippen LogP contribution in [0.2, 0.25) is 0 Å². The summed E-state index contributed by atoms with van der Waals surface area (Å²) >= 11 is 0. The van der Waals surface area contributed by atoms with E-state index in [0.717, 1.165) is 17.1 Å². The number of anilines is 6. The summed E-state index contributed by atoms with van der Waals surface area (Å²) in [5.41, 5.74) is 5.63. The molecule has 4 N–H and O–H groups in total. The number of ether oxygens (including phenoxy) is 6. The number of Topliss-reactive ketones (excluding diaryl/α,β-unsaturated/α-hetero) is 1. The third-order valence-corrected chi connectivity index (χ3v) is 15.2. The topological polar surface area (TPSA) is 241 Å². The highest BCUT2D eigenvalue weighted by atomic mass is 16.6. The summed E-state index contributed by atoms with van der Waals surface area (Å²) in [6.45, 7) is -1.11. The second kappa shape index (κ2) is 33.1. The minimum Gasteiger partial charge on any atom is -0.459 e. The second-order valence-electron chi connectivity index (χ2n) is 23.4. The fourth-order valence-electron chi connectivity index (χ4n) is 9.42. The molecule has 6 aromatic carbocycles. The first-order valence-corrected chi connectivity index (χ1v) is 29.5. The average molecular weight is 1240 g/mol. The first-order chi connectivity index (χ1) is 42.7. The van der Waals surface area contributed by atoms with Gasteiger partial charge in [0.15, 0.2) is 35.7 Å². The van der Waals surface area contributed by atoms with Crippen molar-refractivity contribution >= 4 is 63.2 Å².